The van der Waals surface area contributed by atoms with Gasteiger partial charge in [-0.1, -0.05) is 24.6 Å². The summed E-state index contributed by atoms with van der Waals surface area (Å²) < 4.78 is 0. The molecular weight excluding hydrogens is 384 g/mol. The fraction of sp³-hybridized carbons (Fsp3) is 0.421. The number of anilines is 2. The molecule has 6 nitrogen and oxygen atoms in total. The predicted octanol–water partition coefficient (Wildman–Crippen LogP) is 3.98. The second-order valence-electron chi connectivity index (χ2n) is 6.57. The lowest BCUT2D eigenvalue weighted by atomic mass is 10.2. The van der Waals surface area contributed by atoms with Crippen molar-refractivity contribution in [3.05, 3.63) is 39.9 Å². The SMILES string of the molecule is CCCNC(=O)C1CCCN1C(=O)c1csc(Nc2cc(Cl)ccc2C)n1. The highest BCUT2D eigenvalue weighted by Crippen LogP contribution is 2.27. The van der Waals surface area contributed by atoms with Crippen LogP contribution >= 0.6 is 22.9 Å². The Balaban J connectivity index is 1.71. The van der Waals surface area contributed by atoms with E-state index in [1.165, 1.54) is 11.3 Å². The lowest BCUT2D eigenvalue weighted by molar-refractivity contribution is -0.124. The van der Waals surface area contributed by atoms with E-state index in [1.807, 2.05) is 32.0 Å². The largest absolute Gasteiger partial charge is 0.354 e. The van der Waals surface area contributed by atoms with Gasteiger partial charge in [0, 0.05) is 29.2 Å². The normalized spacial score (nSPS) is 16.4. The zero-order valence-corrected chi connectivity index (χ0v) is 17.0. The number of thiazole rings is 1. The molecule has 0 aliphatic carbocycles. The molecule has 2 amide bonds. The van der Waals surface area contributed by atoms with Gasteiger partial charge in [-0.2, -0.15) is 0 Å². The minimum Gasteiger partial charge on any atom is -0.354 e. The molecule has 1 aliphatic rings. The Kier molecular flexibility index (Phi) is 6.34. The standard InChI is InChI=1S/C19H23ClN4O2S/c1-3-8-21-17(25)16-5-4-9-24(16)18(26)15-11-27-19(23-15)22-14-10-13(20)7-6-12(14)2/h6-7,10-11,16H,3-5,8-9H2,1-2H3,(H,21,25)(H,22,23). The van der Waals surface area contributed by atoms with E-state index in [9.17, 15) is 9.59 Å². The van der Waals surface area contributed by atoms with Crippen molar-refractivity contribution < 1.29 is 9.59 Å². The van der Waals surface area contributed by atoms with Crippen LogP contribution in [0.2, 0.25) is 5.02 Å². The van der Waals surface area contributed by atoms with Crippen molar-refractivity contribution in [3.8, 4) is 0 Å². The molecule has 144 valence electrons. The van der Waals surface area contributed by atoms with Crippen molar-refractivity contribution in [2.75, 3.05) is 18.4 Å². The third kappa shape index (κ3) is 4.59. The molecule has 1 unspecified atom stereocenters. The first-order chi connectivity index (χ1) is 13.0. The molecule has 8 heteroatoms. The molecule has 27 heavy (non-hydrogen) atoms. The first-order valence-electron chi connectivity index (χ1n) is 9.07. The number of nitrogens with one attached hydrogen (secondary N) is 2. The number of aromatic nitrogens is 1. The van der Waals surface area contributed by atoms with Crippen LogP contribution in [0.1, 0.15) is 42.2 Å². The van der Waals surface area contributed by atoms with E-state index in [0.717, 1.165) is 24.1 Å². The number of benzene rings is 1. The van der Waals surface area contributed by atoms with E-state index in [-0.39, 0.29) is 11.8 Å². The highest BCUT2D eigenvalue weighted by molar-refractivity contribution is 7.14. The Morgan fingerprint density at radius 2 is 2.22 bits per heavy atom. The van der Waals surface area contributed by atoms with Crippen LogP contribution in [-0.2, 0) is 4.79 Å². The lowest BCUT2D eigenvalue weighted by Crippen LogP contribution is -2.46. The molecule has 3 rings (SSSR count). The number of amides is 2. The maximum atomic E-state index is 12.9. The van der Waals surface area contributed by atoms with Gasteiger partial charge in [-0.25, -0.2) is 4.98 Å². The number of halogens is 1. The minimum atomic E-state index is -0.405. The van der Waals surface area contributed by atoms with Crippen LogP contribution in [0.25, 0.3) is 0 Å². The fourth-order valence-electron chi connectivity index (χ4n) is 3.07. The monoisotopic (exact) mass is 406 g/mol. The molecule has 0 spiro atoms. The first-order valence-corrected chi connectivity index (χ1v) is 10.3. The Bertz CT molecular complexity index is 839. The van der Waals surface area contributed by atoms with Gasteiger partial charge in [0.25, 0.3) is 5.91 Å². The number of carbonyl (C=O) groups excluding carboxylic acids is 2. The number of hydrogen-bond donors (Lipinski definition) is 2. The molecule has 1 saturated heterocycles. The Morgan fingerprint density at radius 3 is 3.00 bits per heavy atom. The molecule has 1 aliphatic heterocycles. The number of aryl methyl sites for hydroxylation is 1. The third-order valence-corrected chi connectivity index (χ3v) is 5.52. The number of hydrogen-bond acceptors (Lipinski definition) is 5. The van der Waals surface area contributed by atoms with Gasteiger partial charge in [0.2, 0.25) is 5.91 Å². The first kappa shape index (κ1) is 19.6. The summed E-state index contributed by atoms with van der Waals surface area (Å²) in [6, 6.07) is 5.18. The number of likely N-dealkylation sites (tertiary alicyclic amines) is 1. The average Bonchev–Trinajstić information content (AvgIpc) is 3.32. The summed E-state index contributed by atoms with van der Waals surface area (Å²) in [6.45, 7) is 5.18. The van der Waals surface area contributed by atoms with Crippen molar-refractivity contribution >= 4 is 45.6 Å². The van der Waals surface area contributed by atoms with Crippen LogP contribution in [0.5, 0.6) is 0 Å². The smallest absolute Gasteiger partial charge is 0.274 e. The molecule has 0 saturated carbocycles. The van der Waals surface area contributed by atoms with Gasteiger partial charge >= 0.3 is 0 Å². The lowest BCUT2D eigenvalue weighted by Gasteiger charge is -2.23. The fourth-order valence-corrected chi connectivity index (χ4v) is 3.94. The van der Waals surface area contributed by atoms with Gasteiger partial charge in [0.1, 0.15) is 11.7 Å². The van der Waals surface area contributed by atoms with Crippen LogP contribution in [0.4, 0.5) is 10.8 Å². The Labute approximate surface area is 167 Å². The molecule has 0 radical (unpaired) electrons. The maximum Gasteiger partial charge on any atom is 0.274 e. The summed E-state index contributed by atoms with van der Waals surface area (Å²) >= 11 is 7.41. The zero-order chi connectivity index (χ0) is 19.4. The number of nitrogens with zero attached hydrogens (tertiary/aromatic N) is 2. The van der Waals surface area contributed by atoms with Gasteiger partial charge in [0.15, 0.2) is 5.13 Å². The summed E-state index contributed by atoms with van der Waals surface area (Å²) in [5.41, 5.74) is 2.25. The molecule has 1 aromatic carbocycles. The topological polar surface area (TPSA) is 74.3 Å². The maximum absolute atomic E-state index is 12.9. The van der Waals surface area contributed by atoms with Gasteiger partial charge in [-0.05, 0) is 43.9 Å². The minimum absolute atomic E-state index is 0.0779. The summed E-state index contributed by atoms with van der Waals surface area (Å²) in [5, 5.41) is 9.08. The van der Waals surface area contributed by atoms with E-state index < -0.39 is 6.04 Å². The zero-order valence-electron chi connectivity index (χ0n) is 15.4. The van der Waals surface area contributed by atoms with Gasteiger partial charge in [-0.15, -0.1) is 11.3 Å². The van der Waals surface area contributed by atoms with Crippen molar-refractivity contribution in [1.29, 1.82) is 0 Å². The molecule has 1 atom stereocenters. The third-order valence-electron chi connectivity index (χ3n) is 4.53. The van der Waals surface area contributed by atoms with Gasteiger partial charge in [0.05, 0.1) is 0 Å². The number of carbonyl (C=O) groups is 2. The van der Waals surface area contributed by atoms with Gasteiger partial charge in [-0.3, -0.25) is 9.59 Å². The van der Waals surface area contributed by atoms with E-state index in [1.54, 1.807) is 10.3 Å². The highest BCUT2D eigenvalue weighted by atomic mass is 35.5. The second kappa shape index (κ2) is 8.71. The molecule has 2 heterocycles. The number of rotatable bonds is 6. The van der Waals surface area contributed by atoms with Crippen LogP contribution in [-0.4, -0.2) is 40.8 Å². The average molecular weight is 407 g/mol. The van der Waals surface area contributed by atoms with E-state index in [4.69, 9.17) is 11.6 Å². The van der Waals surface area contributed by atoms with E-state index in [2.05, 4.69) is 15.6 Å². The Hall–Kier alpha value is -2.12. The van der Waals surface area contributed by atoms with E-state index in [0.29, 0.717) is 35.4 Å². The highest BCUT2D eigenvalue weighted by Gasteiger charge is 2.35. The van der Waals surface area contributed by atoms with E-state index >= 15 is 0 Å². The van der Waals surface area contributed by atoms with Crippen LogP contribution in [0.15, 0.2) is 23.6 Å². The van der Waals surface area contributed by atoms with Crippen molar-refractivity contribution in [1.82, 2.24) is 15.2 Å². The van der Waals surface area contributed by atoms with Gasteiger partial charge < -0.3 is 15.5 Å². The molecule has 0 bridgehead atoms. The molecule has 1 aromatic heterocycles. The van der Waals surface area contributed by atoms with Crippen molar-refractivity contribution in [2.45, 2.75) is 39.2 Å². The quantitative estimate of drug-likeness (QED) is 0.760. The summed E-state index contributed by atoms with van der Waals surface area (Å²) in [7, 11) is 0. The van der Waals surface area contributed by atoms with Crippen LogP contribution in [0.3, 0.4) is 0 Å². The Morgan fingerprint density at radius 1 is 1.41 bits per heavy atom. The van der Waals surface area contributed by atoms with Crippen molar-refractivity contribution in [2.24, 2.45) is 0 Å². The summed E-state index contributed by atoms with van der Waals surface area (Å²) in [5.74, 6) is -0.276. The molecule has 2 aromatic rings. The van der Waals surface area contributed by atoms with Crippen LogP contribution in [0, 0.1) is 6.92 Å². The second-order valence-corrected chi connectivity index (χ2v) is 7.86. The molecule has 2 N–H and O–H groups in total. The molecular formula is C19H23ClN4O2S. The predicted molar refractivity (Wildman–Crippen MR) is 109 cm³/mol. The van der Waals surface area contributed by atoms with Crippen molar-refractivity contribution in [3.63, 3.8) is 0 Å². The summed E-state index contributed by atoms with van der Waals surface area (Å²) in [4.78, 5) is 31.2. The summed E-state index contributed by atoms with van der Waals surface area (Å²) in [6.07, 6.45) is 2.39. The van der Waals surface area contributed by atoms with Crippen LogP contribution < -0.4 is 10.6 Å². The molecule has 1 fully saturated rings.